The topological polar surface area (TPSA) is 64.0 Å². The number of anilines is 1. The van der Waals surface area contributed by atoms with Gasteiger partial charge in [0.15, 0.2) is 5.16 Å². The molecule has 1 amide bonds. The van der Waals surface area contributed by atoms with Gasteiger partial charge in [-0.05, 0) is 32.0 Å². The third-order valence-electron chi connectivity index (χ3n) is 3.95. The highest BCUT2D eigenvalue weighted by Crippen LogP contribution is 2.33. The lowest BCUT2D eigenvalue weighted by Gasteiger charge is -2.14. The fraction of sp³-hybridized carbons (Fsp3) is 0.312. The zero-order valence-electron chi connectivity index (χ0n) is 13.1. The molecule has 0 aliphatic carbocycles. The van der Waals surface area contributed by atoms with Crippen molar-refractivity contribution in [3.8, 4) is 0 Å². The van der Waals surface area contributed by atoms with Gasteiger partial charge in [-0.1, -0.05) is 35.0 Å². The summed E-state index contributed by atoms with van der Waals surface area (Å²) in [6, 6.07) is 4.71. The Kier molecular flexibility index (Phi) is 4.90. The first kappa shape index (κ1) is 17.3. The van der Waals surface area contributed by atoms with Gasteiger partial charge in [0, 0.05) is 29.1 Å². The number of halogens is 2. The van der Waals surface area contributed by atoms with Crippen LogP contribution in [0.2, 0.25) is 10.0 Å². The predicted molar refractivity (Wildman–Crippen MR) is 97.4 cm³/mol. The van der Waals surface area contributed by atoms with E-state index in [0.717, 1.165) is 5.69 Å². The van der Waals surface area contributed by atoms with E-state index >= 15 is 0 Å². The summed E-state index contributed by atoms with van der Waals surface area (Å²) in [6.45, 7) is 3.58. The summed E-state index contributed by atoms with van der Waals surface area (Å²) in [5.74, 6) is 0.469. The van der Waals surface area contributed by atoms with E-state index in [4.69, 9.17) is 23.2 Å². The fourth-order valence-corrected chi connectivity index (χ4v) is 4.00. The third-order valence-corrected chi connectivity index (χ3v) is 5.78. The van der Waals surface area contributed by atoms with Crippen molar-refractivity contribution >= 4 is 46.6 Å². The first-order valence-electron chi connectivity index (χ1n) is 7.34. The summed E-state index contributed by atoms with van der Waals surface area (Å²) in [5, 5.41) is 4.27. The third kappa shape index (κ3) is 3.31. The van der Waals surface area contributed by atoms with Crippen molar-refractivity contribution in [2.75, 3.05) is 11.1 Å². The number of nitrogens with zero attached hydrogens (tertiary/aromatic N) is 2. The Hall–Kier alpha value is -1.50. The minimum absolute atomic E-state index is 0.0742. The SMILES string of the molecule is Cc1nc2n(c(=O)c1C)C(CC(=O)Nc1ccc(Cl)c(Cl)c1)CS2. The largest absolute Gasteiger partial charge is 0.326 e. The molecule has 1 aromatic carbocycles. The molecular weight excluding hydrogens is 369 g/mol. The van der Waals surface area contributed by atoms with E-state index < -0.39 is 0 Å². The Bertz CT molecular complexity index is 882. The maximum absolute atomic E-state index is 12.5. The molecular formula is C16H15Cl2N3O2S. The van der Waals surface area contributed by atoms with E-state index in [1.807, 2.05) is 6.92 Å². The predicted octanol–water partition coefficient (Wildman–Crippen LogP) is 3.84. The van der Waals surface area contributed by atoms with Gasteiger partial charge in [0.2, 0.25) is 5.91 Å². The monoisotopic (exact) mass is 383 g/mol. The molecule has 126 valence electrons. The molecule has 0 saturated carbocycles. The van der Waals surface area contributed by atoms with Crippen LogP contribution in [-0.2, 0) is 4.79 Å². The molecule has 5 nitrogen and oxygen atoms in total. The molecule has 1 aromatic heterocycles. The van der Waals surface area contributed by atoms with Crippen LogP contribution in [0, 0.1) is 13.8 Å². The second-order valence-electron chi connectivity index (χ2n) is 5.63. The number of carbonyl (C=O) groups excluding carboxylic acids is 1. The van der Waals surface area contributed by atoms with Crippen molar-refractivity contribution in [3.05, 3.63) is 49.9 Å². The summed E-state index contributed by atoms with van der Waals surface area (Å²) in [4.78, 5) is 29.2. The van der Waals surface area contributed by atoms with E-state index in [9.17, 15) is 9.59 Å². The second-order valence-corrected chi connectivity index (χ2v) is 7.43. The van der Waals surface area contributed by atoms with Gasteiger partial charge in [-0.3, -0.25) is 14.2 Å². The maximum Gasteiger partial charge on any atom is 0.257 e. The highest BCUT2D eigenvalue weighted by Gasteiger charge is 2.28. The first-order valence-corrected chi connectivity index (χ1v) is 9.08. The van der Waals surface area contributed by atoms with Gasteiger partial charge in [-0.15, -0.1) is 0 Å². The molecule has 0 bridgehead atoms. The van der Waals surface area contributed by atoms with E-state index in [0.29, 0.717) is 32.2 Å². The molecule has 24 heavy (non-hydrogen) atoms. The molecule has 1 aliphatic rings. The smallest absolute Gasteiger partial charge is 0.257 e. The van der Waals surface area contributed by atoms with Crippen molar-refractivity contribution in [1.82, 2.24) is 9.55 Å². The summed E-state index contributed by atoms with van der Waals surface area (Å²) < 4.78 is 1.63. The van der Waals surface area contributed by atoms with E-state index in [1.54, 1.807) is 29.7 Å². The summed E-state index contributed by atoms with van der Waals surface area (Å²) >= 11 is 13.3. The Labute approximate surface area is 153 Å². The molecule has 1 aliphatic heterocycles. The summed E-state index contributed by atoms with van der Waals surface area (Å²) in [6.07, 6.45) is 0.199. The summed E-state index contributed by atoms with van der Waals surface area (Å²) in [5.41, 5.74) is 1.86. The molecule has 1 unspecified atom stereocenters. The van der Waals surface area contributed by atoms with Gasteiger partial charge in [0.05, 0.1) is 16.1 Å². The number of carbonyl (C=O) groups is 1. The van der Waals surface area contributed by atoms with Gasteiger partial charge in [0.1, 0.15) is 0 Å². The van der Waals surface area contributed by atoms with Gasteiger partial charge >= 0.3 is 0 Å². The number of nitrogens with one attached hydrogen (secondary N) is 1. The molecule has 1 N–H and O–H groups in total. The molecule has 0 saturated heterocycles. The number of rotatable bonds is 3. The van der Waals surface area contributed by atoms with Crippen LogP contribution in [-0.4, -0.2) is 21.2 Å². The molecule has 2 heterocycles. The second kappa shape index (κ2) is 6.78. The van der Waals surface area contributed by atoms with Crippen molar-refractivity contribution in [1.29, 1.82) is 0 Å². The molecule has 0 fully saturated rings. The molecule has 8 heteroatoms. The zero-order chi connectivity index (χ0) is 17.4. The van der Waals surface area contributed by atoms with Crippen molar-refractivity contribution < 1.29 is 4.79 Å². The maximum atomic E-state index is 12.5. The average Bonchev–Trinajstić information content (AvgIpc) is 2.91. The molecule has 3 rings (SSSR count). The Balaban J connectivity index is 1.77. The number of amides is 1. The van der Waals surface area contributed by atoms with Crippen LogP contribution in [0.25, 0.3) is 0 Å². The Morgan fingerprint density at radius 1 is 1.38 bits per heavy atom. The lowest BCUT2D eigenvalue weighted by atomic mass is 10.2. The lowest BCUT2D eigenvalue weighted by molar-refractivity contribution is -0.116. The molecule has 0 spiro atoms. The number of thioether (sulfide) groups is 1. The quantitative estimate of drug-likeness (QED) is 0.817. The number of hydrogen-bond acceptors (Lipinski definition) is 4. The van der Waals surface area contributed by atoms with Crippen LogP contribution in [0.3, 0.4) is 0 Å². The highest BCUT2D eigenvalue weighted by molar-refractivity contribution is 7.99. The fourth-order valence-electron chi connectivity index (χ4n) is 2.52. The average molecular weight is 384 g/mol. The van der Waals surface area contributed by atoms with Crippen molar-refractivity contribution in [3.63, 3.8) is 0 Å². The highest BCUT2D eigenvalue weighted by atomic mass is 35.5. The van der Waals surface area contributed by atoms with Gasteiger partial charge in [-0.2, -0.15) is 0 Å². The van der Waals surface area contributed by atoms with Crippen LogP contribution in [0.15, 0.2) is 28.2 Å². The van der Waals surface area contributed by atoms with Gasteiger partial charge < -0.3 is 5.32 Å². The minimum atomic E-state index is -0.202. The number of aryl methyl sites for hydroxylation is 1. The number of aromatic nitrogens is 2. The zero-order valence-corrected chi connectivity index (χ0v) is 15.4. The molecule has 1 atom stereocenters. The number of fused-ring (bicyclic) bond motifs is 1. The number of hydrogen-bond donors (Lipinski definition) is 1. The van der Waals surface area contributed by atoms with Crippen LogP contribution in [0.1, 0.15) is 23.7 Å². The van der Waals surface area contributed by atoms with Crippen LogP contribution in [0.4, 0.5) is 5.69 Å². The van der Waals surface area contributed by atoms with Gasteiger partial charge in [-0.25, -0.2) is 4.98 Å². The Morgan fingerprint density at radius 2 is 2.12 bits per heavy atom. The first-order chi connectivity index (χ1) is 11.4. The van der Waals surface area contributed by atoms with Crippen LogP contribution in [0.5, 0.6) is 0 Å². The standard InChI is InChI=1S/C16H15Cl2N3O2S/c1-8-9(2)19-16-21(15(8)23)11(7-24-16)6-14(22)20-10-3-4-12(17)13(18)5-10/h3-5,11H,6-7H2,1-2H3,(H,20,22). The molecule has 2 aromatic rings. The normalized spacial score (nSPS) is 16.1. The van der Waals surface area contributed by atoms with Crippen LogP contribution >= 0.6 is 35.0 Å². The molecule has 0 radical (unpaired) electrons. The minimum Gasteiger partial charge on any atom is -0.326 e. The van der Waals surface area contributed by atoms with E-state index in [1.165, 1.54) is 11.8 Å². The van der Waals surface area contributed by atoms with E-state index in [2.05, 4.69) is 10.3 Å². The lowest BCUT2D eigenvalue weighted by Crippen LogP contribution is -2.29. The van der Waals surface area contributed by atoms with Crippen molar-refractivity contribution in [2.24, 2.45) is 0 Å². The summed E-state index contributed by atoms with van der Waals surface area (Å²) in [7, 11) is 0. The Morgan fingerprint density at radius 3 is 2.83 bits per heavy atom. The van der Waals surface area contributed by atoms with Crippen molar-refractivity contribution in [2.45, 2.75) is 31.5 Å². The van der Waals surface area contributed by atoms with E-state index in [-0.39, 0.29) is 23.9 Å². The number of benzene rings is 1. The van der Waals surface area contributed by atoms with Crippen LogP contribution < -0.4 is 10.9 Å². The van der Waals surface area contributed by atoms with Gasteiger partial charge in [0.25, 0.3) is 5.56 Å².